The van der Waals surface area contributed by atoms with Crippen molar-refractivity contribution in [3.05, 3.63) is 22.4 Å². The van der Waals surface area contributed by atoms with Crippen LogP contribution in [-0.2, 0) is 16.1 Å². The number of rotatable bonds is 3. The minimum atomic E-state index is -0.776. The van der Waals surface area contributed by atoms with Crippen LogP contribution >= 0.6 is 11.3 Å². The van der Waals surface area contributed by atoms with Crippen molar-refractivity contribution in [2.75, 3.05) is 13.1 Å². The monoisotopic (exact) mass is 269 g/mol. The van der Waals surface area contributed by atoms with Crippen molar-refractivity contribution < 1.29 is 19.4 Å². The Labute approximate surface area is 109 Å². The number of thiophene rings is 1. The largest absolute Gasteiger partial charge is 0.481 e. The number of carboxylic acid groups (broad SMARTS) is 1. The molecule has 1 aliphatic rings. The molecule has 1 saturated heterocycles. The van der Waals surface area contributed by atoms with Crippen LogP contribution in [-0.4, -0.2) is 35.2 Å². The fourth-order valence-electron chi connectivity index (χ4n) is 1.93. The molecule has 1 aromatic rings. The van der Waals surface area contributed by atoms with Gasteiger partial charge in [-0.05, 0) is 24.3 Å². The zero-order chi connectivity index (χ0) is 13.0. The maximum absolute atomic E-state index is 11.7. The van der Waals surface area contributed by atoms with Crippen molar-refractivity contribution in [3.8, 4) is 0 Å². The summed E-state index contributed by atoms with van der Waals surface area (Å²) < 4.78 is 5.17. The zero-order valence-electron chi connectivity index (χ0n) is 9.87. The molecule has 0 radical (unpaired) electrons. The Morgan fingerprint density at radius 2 is 2.17 bits per heavy atom. The molecule has 0 aromatic carbocycles. The molecule has 0 saturated carbocycles. The van der Waals surface area contributed by atoms with Crippen molar-refractivity contribution in [2.24, 2.45) is 5.92 Å². The lowest BCUT2D eigenvalue weighted by molar-refractivity contribution is -0.143. The van der Waals surface area contributed by atoms with E-state index in [1.165, 1.54) is 0 Å². The molecule has 0 aliphatic carbocycles. The van der Waals surface area contributed by atoms with Gasteiger partial charge in [0.15, 0.2) is 0 Å². The summed E-state index contributed by atoms with van der Waals surface area (Å²) in [6.07, 6.45) is 0.652. The van der Waals surface area contributed by atoms with E-state index in [1.54, 1.807) is 16.2 Å². The van der Waals surface area contributed by atoms with E-state index in [4.69, 9.17) is 9.84 Å². The maximum atomic E-state index is 11.7. The van der Waals surface area contributed by atoms with Gasteiger partial charge in [-0.3, -0.25) is 4.79 Å². The summed E-state index contributed by atoms with van der Waals surface area (Å²) in [4.78, 5) is 25.1. The second-order valence-corrected chi connectivity index (χ2v) is 5.27. The number of likely N-dealkylation sites (tertiary alicyclic amines) is 1. The normalized spacial score (nSPS) is 16.6. The number of hydrogen-bond donors (Lipinski definition) is 1. The van der Waals surface area contributed by atoms with Gasteiger partial charge in [0.1, 0.15) is 6.61 Å². The molecule has 2 heterocycles. The molecule has 5 nitrogen and oxygen atoms in total. The molecule has 1 aliphatic heterocycles. The summed E-state index contributed by atoms with van der Waals surface area (Å²) in [6.45, 7) is 1.20. The minimum Gasteiger partial charge on any atom is -0.481 e. The van der Waals surface area contributed by atoms with Crippen LogP contribution in [0.5, 0.6) is 0 Å². The van der Waals surface area contributed by atoms with Crippen LogP contribution in [0, 0.1) is 5.92 Å². The quantitative estimate of drug-likeness (QED) is 0.913. The predicted molar refractivity (Wildman–Crippen MR) is 66.4 cm³/mol. The van der Waals surface area contributed by atoms with E-state index in [0.717, 1.165) is 4.88 Å². The lowest BCUT2D eigenvalue weighted by Crippen LogP contribution is -2.40. The molecule has 6 heteroatoms. The number of amides is 1. The van der Waals surface area contributed by atoms with E-state index in [-0.39, 0.29) is 18.6 Å². The first kappa shape index (κ1) is 12.9. The topological polar surface area (TPSA) is 66.8 Å². The molecule has 98 valence electrons. The second-order valence-electron chi connectivity index (χ2n) is 4.23. The van der Waals surface area contributed by atoms with E-state index in [1.807, 2.05) is 17.5 Å². The summed E-state index contributed by atoms with van der Waals surface area (Å²) in [7, 11) is 0. The van der Waals surface area contributed by atoms with Crippen molar-refractivity contribution in [2.45, 2.75) is 19.4 Å². The first-order chi connectivity index (χ1) is 8.66. The summed E-state index contributed by atoms with van der Waals surface area (Å²) in [5, 5.41) is 10.8. The van der Waals surface area contributed by atoms with Crippen molar-refractivity contribution >= 4 is 23.4 Å². The van der Waals surface area contributed by atoms with Gasteiger partial charge in [-0.15, -0.1) is 11.3 Å². The van der Waals surface area contributed by atoms with E-state index in [9.17, 15) is 9.59 Å². The summed E-state index contributed by atoms with van der Waals surface area (Å²) in [5.41, 5.74) is 0. The van der Waals surface area contributed by atoms with E-state index in [2.05, 4.69) is 0 Å². The van der Waals surface area contributed by atoms with E-state index in [0.29, 0.717) is 25.9 Å². The minimum absolute atomic E-state index is 0.287. The third kappa shape index (κ3) is 3.22. The number of nitrogens with zero attached hydrogens (tertiary/aromatic N) is 1. The summed E-state index contributed by atoms with van der Waals surface area (Å²) in [6, 6.07) is 3.82. The molecule has 1 amide bonds. The van der Waals surface area contributed by atoms with Crippen molar-refractivity contribution in [1.29, 1.82) is 0 Å². The number of carboxylic acids is 1. The zero-order valence-corrected chi connectivity index (χ0v) is 10.7. The van der Waals surface area contributed by atoms with Crippen LogP contribution in [0.1, 0.15) is 17.7 Å². The van der Waals surface area contributed by atoms with Gasteiger partial charge in [0, 0.05) is 18.0 Å². The predicted octanol–water partition coefficient (Wildman–Crippen LogP) is 2.18. The Morgan fingerprint density at radius 1 is 1.44 bits per heavy atom. The lowest BCUT2D eigenvalue weighted by atomic mass is 9.97. The number of carbonyl (C=O) groups excluding carboxylic acids is 1. The molecule has 0 unspecified atom stereocenters. The van der Waals surface area contributed by atoms with Gasteiger partial charge in [0.2, 0.25) is 0 Å². The number of aliphatic carboxylic acids is 1. The van der Waals surface area contributed by atoms with Crippen molar-refractivity contribution in [3.63, 3.8) is 0 Å². The van der Waals surface area contributed by atoms with Crippen LogP contribution < -0.4 is 0 Å². The Morgan fingerprint density at radius 3 is 2.72 bits per heavy atom. The SMILES string of the molecule is O=C(O)C1CCN(C(=O)OCc2cccs2)CC1. The summed E-state index contributed by atoms with van der Waals surface area (Å²) >= 11 is 1.54. The molecule has 0 bridgehead atoms. The van der Waals surface area contributed by atoms with Crippen LogP contribution in [0.2, 0.25) is 0 Å². The lowest BCUT2D eigenvalue weighted by Gasteiger charge is -2.29. The molecule has 1 N–H and O–H groups in total. The molecule has 0 atom stereocenters. The van der Waals surface area contributed by atoms with Crippen LogP contribution in [0.3, 0.4) is 0 Å². The maximum Gasteiger partial charge on any atom is 0.410 e. The molecule has 18 heavy (non-hydrogen) atoms. The summed E-state index contributed by atoms with van der Waals surface area (Å²) in [5.74, 6) is -1.10. The van der Waals surface area contributed by atoms with Gasteiger partial charge in [-0.25, -0.2) is 4.79 Å². The third-order valence-corrected chi connectivity index (χ3v) is 3.87. The average Bonchev–Trinajstić information content (AvgIpc) is 2.89. The highest BCUT2D eigenvalue weighted by Crippen LogP contribution is 2.18. The average molecular weight is 269 g/mol. The Bertz CT molecular complexity index is 410. The third-order valence-electron chi connectivity index (χ3n) is 3.02. The van der Waals surface area contributed by atoms with E-state index < -0.39 is 5.97 Å². The highest BCUT2D eigenvalue weighted by Gasteiger charge is 2.27. The first-order valence-electron chi connectivity index (χ1n) is 5.83. The van der Waals surface area contributed by atoms with Gasteiger partial charge in [-0.1, -0.05) is 6.07 Å². The second kappa shape index (κ2) is 5.86. The van der Waals surface area contributed by atoms with E-state index >= 15 is 0 Å². The number of ether oxygens (including phenoxy) is 1. The number of carbonyl (C=O) groups is 2. The van der Waals surface area contributed by atoms with Crippen LogP contribution in [0.4, 0.5) is 4.79 Å². The Balaban J connectivity index is 1.75. The van der Waals surface area contributed by atoms with Gasteiger partial charge in [0.25, 0.3) is 0 Å². The van der Waals surface area contributed by atoms with Crippen LogP contribution in [0.25, 0.3) is 0 Å². The fourth-order valence-corrected chi connectivity index (χ4v) is 2.54. The van der Waals surface area contributed by atoms with Gasteiger partial charge < -0.3 is 14.7 Å². The number of piperidine rings is 1. The van der Waals surface area contributed by atoms with Crippen LogP contribution in [0.15, 0.2) is 17.5 Å². The highest BCUT2D eigenvalue weighted by molar-refractivity contribution is 7.09. The molecule has 0 spiro atoms. The number of hydrogen-bond acceptors (Lipinski definition) is 4. The standard InChI is InChI=1S/C12H15NO4S/c14-11(15)9-3-5-13(6-4-9)12(16)17-8-10-2-1-7-18-10/h1-2,7,9H,3-6,8H2,(H,14,15). The fraction of sp³-hybridized carbons (Fsp3) is 0.500. The molecule has 1 fully saturated rings. The molecule has 1 aromatic heterocycles. The molecular weight excluding hydrogens is 254 g/mol. The van der Waals surface area contributed by atoms with Gasteiger partial charge in [-0.2, -0.15) is 0 Å². The smallest absolute Gasteiger partial charge is 0.410 e. The first-order valence-corrected chi connectivity index (χ1v) is 6.71. The van der Waals surface area contributed by atoms with Crippen molar-refractivity contribution in [1.82, 2.24) is 4.90 Å². The van der Waals surface area contributed by atoms with Gasteiger partial charge >= 0.3 is 12.1 Å². The Kier molecular flexibility index (Phi) is 4.19. The van der Waals surface area contributed by atoms with Gasteiger partial charge in [0.05, 0.1) is 5.92 Å². The highest BCUT2D eigenvalue weighted by atomic mass is 32.1. The molecular formula is C12H15NO4S. The molecule has 2 rings (SSSR count). The Hall–Kier alpha value is -1.56.